The van der Waals surface area contributed by atoms with Crippen LogP contribution in [-0.2, 0) is 0 Å². The summed E-state index contributed by atoms with van der Waals surface area (Å²) < 4.78 is 1.89. The molecule has 6 nitrogen and oxygen atoms in total. The van der Waals surface area contributed by atoms with E-state index < -0.39 is 0 Å². The lowest BCUT2D eigenvalue weighted by Gasteiger charge is -2.20. The van der Waals surface area contributed by atoms with Gasteiger partial charge in [0.2, 0.25) is 0 Å². The third-order valence-corrected chi connectivity index (χ3v) is 4.86. The molecule has 0 bridgehead atoms. The van der Waals surface area contributed by atoms with Crippen molar-refractivity contribution >= 4 is 5.82 Å². The minimum atomic E-state index is 0.775. The van der Waals surface area contributed by atoms with Crippen LogP contribution < -0.4 is 4.90 Å². The van der Waals surface area contributed by atoms with Gasteiger partial charge in [0, 0.05) is 37.9 Å². The van der Waals surface area contributed by atoms with Gasteiger partial charge in [-0.15, -0.1) is 0 Å². The number of likely N-dealkylation sites (tertiary alicyclic amines) is 1. The zero-order valence-corrected chi connectivity index (χ0v) is 13.4. The van der Waals surface area contributed by atoms with E-state index in [-0.39, 0.29) is 0 Å². The number of rotatable bonds is 2. The first-order valence-corrected chi connectivity index (χ1v) is 7.89. The summed E-state index contributed by atoms with van der Waals surface area (Å²) in [5.74, 6) is 3.42. The molecule has 2 aromatic heterocycles. The Labute approximate surface area is 130 Å². The zero-order chi connectivity index (χ0) is 15.3. The molecular formula is C16H22N6. The molecule has 2 saturated heterocycles. The van der Waals surface area contributed by atoms with E-state index in [1.54, 1.807) is 6.33 Å². The second kappa shape index (κ2) is 5.05. The Hall–Kier alpha value is -1.95. The van der Waals surface area contributed by atoms with Crippen molar-refractivity contribution in [2.24, 2.45) is 11.8 Å². The van der Waals surface area contributed by atoms with Crippen molar-refractivity contribution in [3.8, 4) is 5.82 Å². The number of aryl methyl sites for hydroxylation is 2. The Kier molecular flexibility index (Phi) is 3.14. The SMILES string of the molecule is Cc1cc(C)n(-c2cc(N3CC4CN(C)CC4C3)ncn2)n1. The molecule has 22 heavy (non-hydrogen) atoms. The predicted molar refractivity (Wildman–Crippen MR) is 85.3 cm³/mol. The van der Waals surface area contributed by atoms with Crippen LogP contribution in [0.4, 0.5) is 5.82 Å². The maximum atomic E-state index is 4.52. The minimum absolute atomic E-state index is 0.775. The third kappa shape index (κ3) is 2.27. The quantitative estimate of drug-likeness (QED) is 0.836. The molecule has 4 rings (SSSR count). The van der Waals surface area contributed by atoms with Crippen LogP contribution in [0.2, 0.25) is 0 Å². The van der Waals surface area contributed by atoms with Crippen molar-refractivity contribution < 1.29 is 0 Å². The van der Waals surface area contributed by atoms with E-state index >= 15 is 0 Å². The predicted octanol–water partition coefficient (Wildman–Crippen LogP) is 1.28. The van der Waals surface area contributed by atoms with E-state index in [4.69, 9.17) is 0 Å². The van der Waals surface area contributed by atoms with Gasteiger partial charge in [-0.1, -0.05) is 0 Å². The van der Waals surface area contributed by atoms with Crippen LogP contribution in [0.15, 0.2) is 18.5 Å². The highest BCUT2D eigenvalue weighted by Crippen LogP contribution is 2.32. The molecule has 2 aliphatic heterocycles. The van der Waals surface area contributed by atoms with Crippen LogP contribution in [0.3, 0.4) is 0 Å². The number of nitrogens with zero attached hydrogens (tertiary/aromatic N) is 6. The summed E-state index contributed by atoms with van der Waals surface area (Å²) in [7, 11) is 2.22. The molecule has 2 fully saturated rings. The average molecular weight is 298 g/mol. The first-order valence-electron chi connectivity index (χ1n) is 7.89. The first kappa shape index (κ1) is 13.7. The Morgan fingerprint density at radius 3 is 2.27 bits per heavy atom. The second-order valence-corrected chi connectivity index (χ2v) is 6.72. The average Bonchev–Trinajstić information content (AvgIpc) is 3.11. The summed E-state index contributed by atoms with van der Waals surface area (Å²) in [4.78, 5) is 13.7. The van der Waals surface area contributed by atoms with Crippen LogP contribution in [0, 0.1) is 25.7 Å². The van der Waals surface area contributed by atoms with Crippen LogP contribution in [0.1, 0.15) is 11.4 Å². The summed E-state index contributed by atoms with van der Waals surface area (Å²) in [5.41, 5.74) is 2.11. The molecule has 0 spiro atoms. The van der Waals surface area contributed by atoms with E-state index in [0.29, 0.717) is 0 Å². The fourth-order valence-electron chi connectivity index (χ4n) is 3.90. The molecule has 2 atom stereocenters. The van der Waals surface area contributed by atoms with Crippen LogP contribution >= 0.6 is 0 Å². The largest absolute Gasteiger partial charge is 0.356 e. The lowest BCUT2D eigenvalue weighted by Crippen LogP contribution is -2.27. The molecule has 116 valence electrons. The van der Waals surface area contributed by atoms with Crippen molar-refractivity contribution in [1.82, 2.24) is 24.6 Å². The molecule has 4 heterocycles. The smallest absolute Gasteiger partial charge is 0.159 e. The topological polar surface area (TPSA) is 50.1 Å². The lowest BCUT2D eigenvalue weighted by molar-refractivity contribution is 0.387. The highest BCUT2D eigenvalue weighted by Gasteiger charge is 2.39. The van der Waals surface area contributed by atoms with E-state index in [2.05, 4.69) is 51.0 Å². The Morgan fingerprint density at radius 2 is 1.64 bits per heavy atom. The van der Waals surface area contributed by atoms with Gasteiger partial charge in [-0.05, 0) is 38.8 Å². The van der Waals surface area contributed by atoms with Crippen LogP contribution in [0.5, 0.6) is 0 Å². The Morgan fingerprint density at radius 1 is 0.955 bits per heavy atom. The molecule has 0 aliphatic carbocycles. The summed E-state index contributed by atoms with van der Waals surface area (Å²) in [6, 6.07) is 4.13. The number of fused-ring (bicyclic) bond motifs is 1. The molecule has 6 heteroatoms. The monoisotopic (exact) mass is 298 g/mol. The molecule has 0 aromatic carbocycles. The lowest BCUT2D eigenvalue weighted by atomic mass is 10.0. The fraction of sp³-hybridized carbons (Fsp3) is 0.562. The van der Waals surface area contributed by atoms with Gasteiger partial charge < -0.3 is 9.80 Å². The van der Waals surface area contributed by atoms with Gasteiger partial charge in [0.1, 0.15) is 12.1 Å². The number of hydrogen-bond donors (Lipinski definition) is 0. The van der Waals surface area contributed by atoms with Crippen molar-refractivity contribution in [2.75, 3.05) is 38.1 Å². The second-order valence-electron chi connectivity index (χ2n) is 6.72. The molecule has 0 saturated carbocycles. The van der Waals surface area contributed by atoms with Gasteiger partial charge in [0.15, 0.2) is 5.82 Å². The van der Waals surface area contributed by atoms with Gasteiger partial charge in [0.25, 0.3) is 0 Å². The van der Waals surface area contributed by atoms with Crippen LogP contribution in [0.25, 0.3) is 5.82 Å². The maximum Gasteiger partial charge on any atom is 0.159 e. The molecule has 2 aliphatic rings. The van der Waals surface area contributed by atoms with Crippen LogP contribution in [-0.4, -0.2) is 57.9 Å². The zero-order valence-electron chi connectivity index (χ0n) is 13.4. The Balaban J connectivity index is 1.59. The molecule has 2 unspecified atom stereocenters. The maximum absolute atomic E-state index is 4.52. The third-order valence-electron chi connectivity index (χ3n) is 4.86. The molecule has 2 aromatic rings. The van der Waals surface area contributed by atoms with Crippen molar-refractivity contribution in [2.45, 2.75) is 13.8 Å². The normalized spacial score (nSPS) is 25.0. The summed E-state index contributed by atoms with van der Waals surface area (Å²) in [6.07, 6.45) is 1.65. The van der Waals surface area contributed by atoms with Crippen molar-refractivity contribution in [3.05, 3.63) is 29.8 Å². The fourth-order valence-corrected chi connectivity index (χ4v) is 3.90. The van der Waals surface area contributed by atoms with Gasteiger partial charge in [0.05, 0.1) is 5.69 Å². The van der Waals surface area contributed by atoms with Gasteiger partial charge in [-0.3, -0.25) is 0 Å². The van der Waals surface area contributed by atoms with Crippen molar-refractivity contribution in [1.29, 1.82) is 0 Å². The van der Waals surface area contributed by atoms with Gasteiger partial charge >= 0.3 is 0 Å². The number of anilines is 1. The van der Waals surface area contributed by atoms with Crippen molar-refractivity contribution in [3.63, 3.8) is 0 Å². The summed E-state index contributed by atoms with van der Waals surface area (Å²) in [5, 5.41) is 4.52. The molecule has 0 radical (unpaired) electrons. The highest BCUT2D eigenvalue weighted by molar-refractivity contribution is 5.45. The van der Waals surface area contributed by atoms with E-state index in [1.807, 2.05) is 11.6 Å². The standard InChI is InChI=1S/C16H22N6/c1-11-4-12(2)22(19-11)16-5-15(17-10-18-16)21-8-13-6-20(3)7-14(13)9-21/h4-5,10,13-14H,6-9H2,1-3H3. The summed E-state index contributed by atoms with van der Waals surface area (Å²) >= 11 is 0. The van der Waals surface area contributed by atoms with E-state index in [1.165, 1.54) is 13.1 Å². The van der Waals surface area contributed by atoms with E-state index in [0.717, 1.165) is 47.9 Å². The van der Waals surface area contributed by atoms with Gasteiger partial charge in [-0.2, -0.15) is 5.10 Å². The minimum Gasteiger partial charge on any atom is -0.356 e. The number of hydrogen-bond acceptors (Lipinski definition) is 5. The Bertz CT molecular complexity index is 680. The highest BCUT2D eigenvalue weighted by atomic mass is 15.3. The molecular weight excluding hydrogens is 276 g/mol. The van der Waals surface area contributed by atoms with Gasteiger partial charge in [-0.25, -0.2) is 14.6 Å². The molecule has 0 N–H and O–H groups in total. The summed E-state index contributed by atoms with van der Waals surface area (Å²) in [6.45, 7) is 8.67. The first-order chi connectivity index (χ1) is 10.6. The van der Waals surface area contributed by atoms with E-state index in [9.17, 15) is 0 Å². The molecule has 0 amide bonds. The number of aromatic nitrogens is 4.